The zero-order valence-corrected chi connectivity index (χ0v) is 15.9. The van der Waals surface area contributed by atoms with Crippen LogP contribution < -0.4 is 4.74 Å². The summed E-state index contributed by atoms with van der Waals surface area (Å²) in [5.41, 5.74) is 1.08. The zero-order chi connectivity index (χ0) is 18.0. The molecule has 6 nitrogen and oxygen atoms in total. The van der Waals surface area contributed by atoms with Crippen molar-refractivity contribution in [3.63, 3.8) is 0 Å². The van der Waals surface area contributed by atoms with Crippen LogP contribution in [-0.4, -0.2) is 44.8 Å². The molecule has 1 aromatic carbocycles. The van der Waals surface area contributed by atoms with Gasteiger partial charge in [0.25, 0.3) is 0 Å². The summed E-state index contributed by atoms with van der Waals surface area (Å²) in [6, 6.07) is 7.93. The number of benzene rings is 1. The highest BCUT2D eigenvalue weighted by atomic mass is 32.1. The van der Waals surface area contributed by atoms with E-state index in [0.29, 0.717) is 0 Å². The lowest BCUT2D eigenvalue weighted by atomic mass is 10.0. The maximum atomic E-state index is 10.8. The third-order valence-corrected chi connectivity index (χ3v) is 5.47. The van der Waals surface area contributed by atoms with Gasteiger partial charge >= 0.3 is 0 Å². The van der Waals surface area contributed by atoms with Crippen LogP contribution in [0.1, 0.15) is 43.1 Å². The molecule has 0 saturated carbocycles. The Morgan fingerprint density at radius 2 is 2.04 bits per heavy atom. The van der Waals surface area contributed by atoms with Crippen LogP contribution in [0.4, 0.5) is 0 Å². The third kappa shape index (κ3) is 3.21. The Balaban J connectivity index is 2.14. The van der Waals surface area contributed by atoms with Gasteiger partial charge in [-0.1, -0.05) is 44.2 Å². The number of aromatic hydroxyl groups is 1. The molecule has 0 fully saturated rings. The molecule has 0 radical (unpaired) electrons. The number of aromatic nitrogens is 3. The van der Waals surface area contributed by atoms with Crippen LogP contribution in [0.25, 0.3) is 4.96 Å². The average molecular weight is 360 g/mol. The number of hydrogen-bond acceptors (Lipinski definition) is 6. The number of hydrogen-bond donors (Lipinski definition) is 1. The molecule has 3 rings (SSSR count). The van der Waals surface area contributed by atoms with Crippen LogP contribution in [0.15, 0.2) is 24.3 Å². The normalized spacial score (nSPS) is 12.8. The lowest BCUT2D eigenvalue weighted by Crippen LogP contribution is -2.28. The molecule has 2 aromatic heterocycles. The van der Waals surface area contributed by atoms with Gasteiger partial charge in [-0.25, -0.2) is 4.98 Å². The second-order valence-corrected chi connectivity index (χ2v) is 6.78. The molecule has 1 unspecified atom stereocenters. The van der Waals surface area contributed by atoms with Crippen LogP contribution in [-0.2, 0) is 6.42 Å². The second-order valence-electron chi connectivity index (χ2n) is 5.77. The first-order chi connectivity index (χ1) is 12.1. The van der Waals surface area contributed by atoms with Crippen molar-refractivity contribution in [2.45, 2.75) is 33.2 Å². The van der Waals surface area contributed by atoms with E-state index in [0.717, 1.165) is 46.5 Å². The molecule has 0 bridgehead atoms. The maximum absolute atomic E-state index is 10.8. The summed E-state index contributed by atoms with van der Waals surface area (Å²) in [6.07, 6.45) is 0.749. The number of aryl methyl sites for hydroxylation is 1. The molecular formula is C18H24N4O2S. The minimum atomic E-state index is -0.0660. The van der Waals surface area contributed by atoms with E-state index in [9.17, 15) is 5.11 Å². The van der Waals surface area contributed by atoms with Gasteiger partial charge in [0, 0.05) is 6.42 Å². The second kappa shape index (κ2) is 7.41. The number of rotatable bonds is 7. The van der Waals surface area contributed by atoms with Gasteiger partial charge in [-0.15, -0.1) is 5.10 Å². The summed E-state index contributed by atoms with van der Waals surface area (Å²) < 4.78 is 6.94. The molecule has 134 valence electrons. The summed E-state index contributed by atoms with van der Waals surface area (Å²) in [5.74, 6) is 1.72. The smallest absolute Gasteiger partial charge is 0.230 e. The standard InChI is InChI=1S/C18H24N4O2S/c1-5-14-19-18-22(20-14)17(23)16(25-18)15(21(6-2)7-3)12-9-8-10-13(11-12)24-4/h8-11,15,23H,5-7H2,1-4H3. The summed E-state index contributed by atoms with van der Waals surface area (Å²) >= 11 is 1.49. The summed E-state index contributed by atoms with van der Waals surface area (Å²) in [4.78, 5) is 8.39. The number of methoxy groups -OCH3 is 1. The molecule has 7 heteroatoms. The van der Waals surface area contributed by atoms with Crippen molar-refractivity contribution in [3.05, 3.63) is 40.5 Å². The SMILES string of the molecule is CCc1nc2sc(C(c3cccc(OC)c3)N(CC)CC)c(O)n2n1. The van der Waals surface area contributed by atoms with Gasteiger partial charge in [-0.3, -0.25) is 4.90 Å². The quantitative estimate of drug-likeness (QED) is 0.699. The number of thiazole rings is 1. The highest BCUT2D eigenvalue weighted by molar-refractivity contribution is 7.17. The largest absolute Gasteiger partial charge is 0.497 e. The molecule has 0 amide bonds. The lowest BCUT2D eigenvalue weighted by Gasteiger charge is -2.29. The van der Waals surface area contributed by atoms with E-state index in [4.69, 9.17) is 4.74 Å². The van der Waals surface area contributed by atoms with E-state index >= 15 is 0 Å². The predicted molar refractivity (Wildman–Crippen MR) is 99.7 cm³/mol. The van der Waals surface area contributed by atoms with E-state index in [1.165, 1.54) is 11.3 Å². The molecule has 0 aliphatic rings. The predicted octanol–water partition coefficient (Wildman–Crippen LogP) is 3.50. The van der Waals surface area contributed by atoms with E-state index in [2.05, 4.69) is 34.9 Å². The molecule has 0 spiro atoms. The first-order valence-corrected chi connectivity index (χ1v) is 9.39. The monoisotopic (exact) mass is 360 g/mol. The zero-order valence-electron chi connectivity index (χ0n) is 15.1. The Bertz CT molecular complexity index is 854. The maximum Gasteiger partial charge on any atom is 0.230 e. The average Bonchev–Trinajstić information content (AvgIpc) is 3.18. The van der Waals surface area contributed by atoms with E-state index in [-0.39, 0.29) is 11.9 Å². The summed E-state index contributed by atoms with van der Waals surface area (Å²) in [6.45, 7) is 7.99. The van der Waals surface area contributed by atoms with Crippen molar-refractivity contribution in [2.75, 3.05) is 20.2 Å². The minimum absolute atomic E-state index is 0.0660. The highest BCUT2D eigenvalue weighted by Gasteiger charge is 2.28. The molecule has 0 aliphatic carbocycles. The van der Waals surface area contributed by atoms with Crippen molar-refractivity contribution >= 4 is 16.3 Å². The molecule has 3 aromatic rings. The van der Waals surface area contributed by atoms with Crippen molar-refractivity contribution in [3.8, 4) is 11.6 Å². The minimum Gasteiger partial charge on any atom is -0.497 e. The topological polar surface area (TPSA) is 62.9 Å². The molecule has 0 aliphatic heterocycles. The number of ether oxygens (including phenoxy) is 1. The van der Waals surface area contributed by atoms with Crippen LogP contribution in [0.2, 0.25) is 0 Å². The Morgan fingerprint density at radius 3 is 2.64 bits per heavy atom. The van der Waals surface area contributed by atoms with Crippen molar-refractivity contribution in [1.82, 2.24) is 19.5 Å². The van der Waals surface area contributed by atoms with Crippen LogP contribution >= 0.6 is 11.3 Å². The van der Waals surface area contributed by atoms with Crippen molar-refractivity contribution in [2.24, 2.45) is 0 Å². The van der Waals surface area contributed by atoms with Crippen molar-refractivity contribution in [1.29, 1.82) is 0 Å². The van der Waals surface area contributed by atoms with Gasteiger partial charge in [0.15, 0.2) is 5.82 Å². The van der Waals surface area contributed by atoms with Crippen LogP contribution in [0, 0.1) is 0 Å². The fourth-order valence-electron chi connectivity index (χ4n) is 3.05. The van der Waals surface area contributed by atoms with E-state index in [1.54, 1.807) is 11.6 Å². The first kappa shape index (κ1) is 17.7. The summed E-state index contributed by atoms with van der Waals surface area (Å²) in [7, 11) is 1.67. The fraction of sp³-hybridized carbons (Fsp3) is 0.444. The van der Waals surface area contributed by atoms with Crippen LogP contribution in [0.5, 0.6) is 11.6 Å². The Morgan fingerprint density at radius 1 is 1.28 bits per heavy atom. The third-order valence-electron chi connectivity index (χ3n) is 4.40. The summed E-state index contributed by atoms with van der Waals surface area (Å²) in [5, 5.41) is 15.2. The number of nitrogens with zero attached hydrogens (tertiary/aromatic N) is 4. The molecular weight excluding hydrogens is 336 g/mol. The van der Waals surface area contributed by atoms with Gasteiger partial charge in [-0.2, -0.15) is 4.52 Å². The highest BCUT2D eigenvalue weighted by Crippen LogP contribution is 2.40. The Hall–Kier alpha value is -2.12. The lowest BCUT2D eigenvalue weighted by molar-refractivity contribution is 0.247. The Labute approximate surface area is 151 Å². The Kier molecular flexibility index (Phi) is 5.24. The van der Waals surface area contributed by atoms with Gasteiger partial charge < -0.3 is 9.84 Å². The van der Waals surface area contributed by atoms with E-state index < -0.39 is 0 Å². The molecule has 2 heterocycles. The fourth-order valence-corrected chi connectivity index (χ4v) is 4.18. The first-order valence-electron chi connectivity index (χ1n) is 8.58. The van der Waals surface area contributed by atoms with Gasteiger partial charge in [0.05, 0.1) is 18.0 Å². The van der Waals surface area contributed by atoms with Crippen LogP contribution in [0.3, 0.4) is 0 Å². The molecule has 1 N–H and O–H groups in total. The van der Waals surface area contributed by atoms with Gasteiger partial charge in [-0.05, 0) is 30.8 Å². The molecule has 1 atom stereocenters. The molecule has 25 heavy (non-hydrogen) atoms. The molecule has 0 saturated heterocycles. The van der Waals surface area contributed by atoms with E-state index in [1.807, 2.05) is 25.1 Å². The van der Waals surface area contributed by atoms with Gasteiger partial charge in [0.1, 0.15) is 5.75 Å². The number of fused-ring (bicyclic) bond motifs is 1. The van der Waals surface area contributed by atoms with Gasteiger partial charge in [0.2, 0.25) is 10.8 Å². The van der Waals surface area contributed by atoms with Crippen molar-refractivity contribution < 1.29 is 9.84 Å².